The van der Waals surface area contributed by atoms with Gasteiger partial charge in [0.2, 0.25) is 0 Å². The highest BCUT2D eigenvalue weighted by atomic mass is 16.2. The number of fused-ring (bicyclic) bond motifs is 1. The SMILES string of the molecule is O=C(NCc1ccccc1)Nc1ccc2cn[nH]c2c1. The van der Waals surface area contributed by atoms with Gasteiger partial charge in [-0.2, -0.15) is 5.10 Å². The van der Waals surface area contributed by atoms with Crippen molar-refractivity contribution in [3.05, 3.63) is 60.3 Å². The first-order valence-electron chi connectivity index (χ1n) is 6.33. The number of hydrogen-bond acceptors (Lipinski definition) is 2. The van der Waals surface area contributed by atoms with Crippen LogP contribution in [0.15, 0.2) is 54.7 Å². The van der Waals surface area contributed by atoms with Crippen LogP contribution in [0.5, 0.6) is 0 Å². The summed E-state index contributed by atoms with van der Waals surface area (Å²) in [7, 11) is 0. The zero-order valence-corrected chi connectivity index (χ0v) is 10.8. The first-order chi connectivity index (χ1) is 9.81. The van der Waals surface area contributed by atoms with Crippen molar-refractivity contribution < 1.29 is 4.79 Å². The minimum atomic E-state index is -0.229. The monoisotopic (exact) mass is 266 g/mol. The molecule has 0 fully saturated rings. The molecule has 2 aromatic carbocycles. The normalized spacial score (nSPS) is 10.4. The zero-order chi connectivity index (χ0) is 13.8. The van der Waals surface area contributed by atoms with Crippen LogP contribution in [0.1, 0.15) is 5.56 Å². The molecule has 0 unspecified atom stereocenters. The van der Waals surface area contributed by atoms with E-state index in [1.54, 1.807) is 6.20 Å². The molecule has 3 aromatic rings. The van der Waals surface area contributed by atoms with E-state index in [0.717, 1.165) is 22.2 Å². The summed E-state index contributed by atoms with van der Waals surface area (Å²) in [6.07, 6.45) is 1.74. The number of aromatic amines is 1. The molecule has 1 aromatic heterocycles. The van der Waals surface area contributed by atoms with Gasteiger partial charge in [-0.3, -0.25) is 5.10 Å². The van der Waals surface area contributed by atoms with Crippen LogP contribution in [0.25, 0.3) is 10.9 Å². The number of anilines is 1. The fourth-order valence-electron chi connectivity index (χ4n) is 1.97. The molecule has 0 saturated heterocycles. The molecular formula is C15H14N4O. The minimum Gasteiger partial charge on any atom is -0.334 e. The summed E-state index contributed by atoms with van der Waals surface area (Å²) in [4.78, 5) is 11.8. The molecular weight excluding hydrogens is 252 g/mol. The summed E-state index contributed by atoms with van der Waals surface area (Å²) < 4.78 is 0. The number of benzene rings is 2. The van der Waals surface area contributed by atoms with Gasteiger partial charge in [0.05, 0.1) is 11.7 Å². The van der Waals surface area contributed by atoms with Crippen LogP contribution in [-0.2, 0) is 6.54 Å². The summed E-state index contributed by atoms with van der Waals surface area (Å²) in [5.41, 5.74) is 2.69. The molecule has 0 atom stereocenters. The number of carbonyl (C=O) groups excluding carboxylic acids is 1. The van der Waals surface area contributed by atoms with Crippen molar-refractivity contribution in [1.29, 1.82) is 0 Å². The van der Waals surface area contributed by atoms with Gasteiger partial charge in [0.25, 0.3) is 0 Å². The van der Waals surface area contributed by atoms with E-state index in [1.165, 1.54) is 0 Å². The Bertz CT molecular complexity index is 721. The Hall–Kier alpha value is -2.82. The number of urea groups is 1. The van der Waals surface area contributed by atoms with E-state index in [4.69, 9.17) is 0 Å². The van der Waals surface area contributed by atoms with Crippen molar-refractivity contribution in [2.24, 2.45) is 0 Å². The number of amides is 2. The van der Waals surface area contributed by atoms with E-state index < -0.39 is 0 Å². The molecule has 0 radical (unpaired) electrons. The van der Waals surface area contributed by atoms with Crippen LogP contribution in [0, 0.1) is 0 Å². The second kappa shape index (κ2) is 5.44. The molecule has 100 valence electrons. The highest BCUT2D eigenvalue weighted by Crippen LogP contribution is 2.16. The third-order valence-corrected chi connectivity index (χ3v) is 3.00. The number of nitrogens with one attached hydrogen (secondary N) is 3. The Morgan fingerprint density at radius 3 is 2.85 bits per heavy atom. The van der Waals surface area contributed by atoms with Gasteiger partial charge in [0.1, 0.15) is 0 Å². The van der Waals surface area contributed by atoms with Crippen LogP contribution in [0.2, 0.25) is 0 Å². The van der Waals surface area contributed by atoms with Gasteiger partial charge >= 0.3 is 6.03 Å². The van der Waals surface area contributed by atoms with Crippen molar-refractivity contribution in [2.45, 2.75) is 6.54 Å². The molecule has 0 aliphatic heterocycles. The molecule has 3 N–H and O–H groups in total. The molecule has 0 spiro atoms. The molecule has 2 amide bonds. The Kier molecular flexibility index (Phi) is 3.33. The average Bonchev–Trinajstić information content (AvgIpc) is 2.94. The van der Waals surface area contributed by atoms with Crippen LogP contribution < -0.4 is 10.6 Å². The number of carbonyl (C=O) groups is 1. The lowest BCUT2D eigenvalue weighted by Gasteiger charge is -2.07. The minimum absolute atomic E-state index is 0.229. The molecule has 1 heterocycles. The van der Waals surface area contributed by atoms with E-state index in [2.05, 4.69) is 20.8 Å². The van der Waals surface area contributed by atoms with Gasteiger partial charge < -0.3 is 10.6 Å². The molecule has 0 aliphatic rings. The highest BCUT2D eigenvalue weighted by Gasteiger charge is 2.03. The number of H-pyrrole nitrogens is 1. The molecule has 0 bridgehead atoms. The third kappa shape index (κ3) is 2.77. The highest BCUT2D eigenvalue weighted by molar-refractivity contribution is 5.92. The van der Waals surface area contributed by atoms with Crippen molar-refractivity contribution in [3.8, 4) is 0 Å². The molecule has 0 saturated carbocycles. The predicted octanol–water partition coefficient (Wildman–Crippen LogP) is 2.88. The van der Waals surface area contributed by atoms with Gasteiger partial charge in [-0.15, -0.1) is 0 Å². The Morgan fingerprint density at radius 1 is 1.15 bits per heavy atom. The van der Waals surface area contributed by atoms with E-state index in [9.17, 15) is 4.79 Å². The van der Waals surface area contributed by atoms with Gasteiger partial charge in [-0.25, -0.2) is 4.79 Å². The number of hydrogen-bond donors (Lipinski definition) is 3. The van der Waals surface area contributed by atoms with Crippen LogP contribution in [0.3, 0.4) is 0 Å². The fourth-order valence-corrected chi connectivity index (χ4v) is 1.97. The van der Waals surface area contributed by atoms with Gasteiger partial charge in [0, 0.05) is 17.6 Å². The predicted molar refractivity (Wildman–Crippen MR) is 78.4 cm³/mol. The Morgan fingerprint density at radius 2 is 2.00 bits per heavy atom. The third-order valence-electron chi connectivity index (χ3n) is 3.00. The number of aromatic nitrogens is 2. The first-order valence-corrected chi connectivity index (χ1v) is 6.33. The summed E-state index contributed by atoms with van der Waals surface area (Å²) in [6, 6.07) is 15.2. The smallest absolute Gasteiger partial charge is 0.319 e. The maximum absolute atomic E-state index is 11.8. The van der Waals surface area contributed by atoms with E-state index >= 15 is 0 Å². The van der Waals surface area contributed by atoms with E-state index in [-0.39, 0.29) is 6.03 Å². The maximum atomic E-state index is 11.8. The lowest BCUT2D eigenvalue weighted by molar-refractivity contribution is 0.251. The van der Waals surface area contributed by atoms with Crippen LogP contribution in [-0.4, -0.2) is 16.2 Å². The lowest BCUT2D eigenvalue weighted by atomic mass is 10.2. The topological polar surface area (TPSA) is 69.8 Å². The van der Waals surface area contributed by atoms with Crippen molar-refractivity contribution in [2.75, 3.05) is 5.32 Å². The second-order valence-corrected chi connectivity index (χ2v) is 4.47. The van der Waals surface area contributed by atoms with Crippen LogP contribution >= 0.6 is 0 Å². The molecule has 3 rings (SSSR count). The summed E-state index contributed by atoms with van der Waals surface area (Å²) in [5, 5.41) is 13.4. The van der Waals surface area contributed by atoms with Gasteiger partial charge in [-0.05, 0) is 23.8 Å². The first kappa shape index (κ1) is 12.2. The summed E-state index contributed by atoms with van der Waals surface area (Å²) in [5.74, 6) is 0. The number of rotatable bonds is 3. The summed E-state index contributed by atoms with van der Waals surface area (Å²) >= 11 is 0. The standard InChI is InChI=1S/C15H14N4O/c20-15(16-9-11-4-2-1-3-5-11)18-13-7-6-12-10-17-19-14(12)8-13/h1-8,10H,9H2,(H,17,19)(H2,16,18,20). The quantitative estimate of drug-likeness (QED) is 0.682. The molecule has 0 aliphatic carbocycles. The van der Waals surface area contributed by atoms with Gasteiger partial charge in [0.15, 0.2) is 0 Å². The van der Waals surface area contributed by atoms with Crippen molar-refractivity contribution in [1.82, 2.24) is 15.5 Å². The van der Waals surface area contributed by atoms with Crippen molar-refractivity contribution in [3.63, 3.8) is 0 Å². The molecule has 20 heavy (non-hydrogen) atoms. The zero-order valence-electron chi connectivity index (χ0n) is 10.8. The Labute approximate surface area is 116 Å². The average molecular weight is 266 g/mol. The Balaban J connectivity index is 1.61. The maximum Gasteiger partial charge on any atom is 0.319 e. The molecule has 5 nitrogen and oxygen atoms in total. The number of nitrogens with zero attached hydrogens (tertiary/aromatic N) is 1. The van der Waals surface area contributed by atoms with E-state index in [0.29, 0.717) is 6.54 Å². The summed E-state index contributed by atoms with van der Waals surface area (Å²) in [6.45, 7) is 0.499. The lowest BCUT2D eigenvalue weighted by Crippen LogP contribution is -2.28. The molecule has 5 heteroatoms. The van der Waals surface area contributed by atoms with Gasteiger partial charge in [-0.1, -0.05) is 30.3 Å². The van der Waals surface area contributed by atoms with E-state index in [1.807, 2.05) is 48.5 Å². The van der Waals surface area contributed by atoms with Crippen LogP contribution in [0.4, 0.5) is 10.5 Å². The largest absolute Gasteiger partial charge is 0.334 e. The second-order valence-electron chi connectivity index (χ2n) is 4.47. The fraction of sp³-hybridized carbons (Fsp3) is 0.0667. The van der Waals surface area contributed by atoms with Crippen molar-refractivity contribution >= 4 is 22.6 Å².